The van der Waals surface area contributed by atoms with Crippen LogP contribution >= 0.6 is 11.3 Å². The minimum absolute atomic E-state index is 0.299. The Labute approximate surface area is 106 Å². The van der Waals surface area contributed by atoms with Gasteiger partial charge in [0, 0.05) is 18.0 Å². The molecule has 0 radical (unpaired) electrons. The van der Waals surface area contributed by atoms with Crippen LogP contribution in [-0.2, 0) is 6.42 Å². The van der Waals surface area contributed by atoms with E-state index in [2.05, 4.69) is 6.92 Å². The number of hydrogen-bond donors (Lipinski definition) is 0. The molecule has 3 aliphatic rings. The Bertz CT molecular complexity index is 505. The first kappa shape index (κ1) is 10.1. The topological polar surface area (TPSA) is 20.3 Å². The zero-order valence-electron chi connectivity index (χ0n) is 10.2. The smallest absolute Gasteiger partial charge is 0.264 e. The molecule has 4 rings (SSSR count). The number of rotatable bonds is 1. The summed E-state index contributed by atoms with van der Waals surface area (Å²) < 4.78 is 0. The molecule has 90 valence electrons. The van der Waals surface area contributed by atoms with Crippen LogP contribution in [0, 0.1) is 0 Å². The molecule has 2 unspecified atom stereocenters. The first-order valence-corrected chi connectivity index (χ1v) is 7.56. The van der Waals surface area contributed by atoms with Crippen molar-refractivity contribution in [3.05, 3.63) is 20.9 Å². The van der Waals surface area contributed by atoms with Gasteiger partial charge >= 0.3 is 0 Å². The van der Waals surface area contributed by atoms with Gasteiger partial charge in [0.15, 0.2) is 0 Å². The minimum Gasteiger partial charge on any atom is -0.338 e. The minimum atomic E-state index is 0.299. The lowest BCUT2D eigenvalue weighted by molar-refractivity contribution is 0.0754. The van der Waals surface area contributed by atoms with Crippen LogP contribution in [0.3, 0.4) is 0 Å². The van der Waals surface area contributed by atoms with Crippen molar-refractivity contribution in [1.82, 2.24) is 4.90 Å². The molecule has 17 heavy (non-hydrogen) atoms. The quantitative estimate of drug-likeness (QED) is 0.746. The molecule has 0 spiro atoms. The number of thiophene rings is 1. The number of carbonyl (C=O) groups is 1. The number of amides is 1. The molecule has 2 heterocycles. The Hall–Kier alpha value is -0.830. The van der Waals surface area contributed by atoms with Crippen LogP contribution in [0.25, 0.3) is 0 Å². The Morgan fingerprint density at radius 1 is 1.35 bits per heavy atom. The Morgan fingerprint density at radius 2 is 2.18 bits per heavy atom. The summed E-state index contributed by atoms with van der Waals surface area (Å²) in [4.78, 5) is 17.0. The maximum Gasteiger partial charge on any atom is 0.264 e. The van der Waals surface area contributed by atoms with Crippen LogP contribution in [0.15, 0.2) is 0 Å². The van der Waals surface area contributed by atoms with E-state index in [0.717, 1.165) is 36.2 Å². The molecule has 1 aromatic heterocycles. The average molecular weight is 247 g/mol. The van der Waals surface area contributed by atoms with Crippen molar-refractivity contribution in [2.45, 2.75) is 44.4 Å². The van der Waals surface area contributed by atoms with Gasteiger partial charge in [0.05, 0.1) is 4.88 Å². The van der Waals surface area contributed by atoms with E-state index < -0.39 is 0 Å². The molecule has 2 aliphatic carbocycles. The molecule has 1 saturated carbocycles. The van der Waals surface area contributed by atoms with Gasteiger partial charge in [-0.1, -0.05) is 0 Å². The van der Waals surface area contributed by atoms with Gasteiger partial charge in [0.1, 0.15) is 0 Å². The monoisotopic (exact) mass is 247 g/mol. The van der Waals surface area contributed by atoms with E-state index in [1.807, 2.05) is 16.2 Å². The van der Waals surface area contributed by atoms with Gasteiger partial charge in [-0.15, -0.1) is 11.3 Å². The highest BCUT2D eigenvalue weighted by Crippen LogP contribution is 2.58. The lowest BCUT2D eigenvalue weighted by atomic mass is 9.91. The maximum absolute atomic E-state index is 12.3. The van der Waals surface area contributed by atoms with Crippen molar-refractivity contribution >= 4 is 17.2 Å². The number of nitrogens with zero attached hydrogens (tertiary/aromatic N) is 1. The van der Waals surface area contributed by atoms with Gasteiger partial charge in [-0.05, 0) is 55.6 Å². The fourth-order valence-electron chi connectivity index (χ4n) is 3.94. The highest BCUT2D eigenvalue weighted by Gasteiger charge is 2.43. The van der Waals surface area contributed by atoms with Crippen LogP contribution in [0.5, 0.6) is 0 Å². The third-order valence-electron chi connectivity index (χ3n) is 4.78. The fourth-order valence-corrected chi connectivity index (χ4v) is 5.50. The van der Waals surface area contributed by atoms with Crippen LogP contribution in [0.2, 0.25) is 0 Å². The van der Waals surface area contributed by atoms with Crippen LogP contribution in [0.4, 0.5) is 0 Å². The number of likely N-dealkylation sites (N-methyl/N-ethyl adjacent to an activating group) is 1. The third-order valence-corrected chi connectivity index (χ3v) is 6.18. The normalized spacial score (nSPS) is 29.7. The summed E-state index contributed by atoms with van der Waals surface area (Å²) in [5.41, 5.74) is 3.05. The van der Waals surface area contributed by atoms with Crippen molar-refractivity contribution in [3.63, 3.8) is 0 Å². The van der Waals surface area contributed by atoms with Gasteiger partial charge in [0.25, 0.3) is 5.91 Å². The van der Waals surface area contributed by atoms with E-state index in [9.17, 15) is 4.79 Å². The van der Waals surface area contributed by atoms with Crippen LogP contribution in [0.1, 0.15) is 63.7 Å². The zero-order chi connectivity index (χ0) is 11.6. The van der Waals surface area contributed by atoms with E-state index in [0.29, 0.717) is 5.91 Å². The highest BCUT2D eigenvalue weighted by atomic mass is 32.1. The van der Waals surface area contributed by atoms with Crippen molar-refractivity contribution in [2.75, 3.05) is 13.1 Å². The van der Waals surface area contributed by atoms with Gasteiger partial charge in [-0.2, -0.15) is 0 Å². The molecule has 2 atom stereocenters. The Morgan fingerprint density at radius 3 is 3.00 bits per heavy atom. The predicted molar refractivity (Wildman–Crippen MR) is 68.9 cm³/mol. The van der Waals surface area contributed by atoms with E-state index >= 15 is 0 Å². The third kappa shape index (κ3) is 1.18. The lowest BCUT2D eigenvalue weighted by Gasteiger charge is -2.26. The predicted octanol–water partition coefficient (Wildman–Crippen LogP) is 3.13. The average Bonchev–Trinajstić information content (AvgIpc) is 3.00. The molecule has 3 heteroatoms. The zero-order valence-corrected chi connectivity index (χ0v) is 11.0. The first-order chi connectivity index (χ1) is 8.29. The van der Waals surface area contributed by atoms with E-state index in [4.69, 9.17) is 0 Å². The standard InChI is InChI=1S/C14H17NOS/c1-2-15-6-5-10-11-8-3-4-9(7-8)12(11)17-13(10)14(15)16/h8-9H,2-7H2,1H3. The van der Waals surface area contributed by atoms with Crippen LogP contribution < -0.4 is 0 Å². The summed E-state index contributed by atoms with van der Waals surface area (Å²) in [5, 5.41) is 0. The molecule has 0 aromatic carbocycles. The van der Waals surface area contributed by atoms with Crippen molar-refractivity contribution in [3.8, 4) is 0 Å². The van der Waals surface area contributed by atoms with Crippen molar-refractivity contribution < 1.29 is 4.79 Å². The second-order valence-corrected chi connectivity index (χ2v) is 6.58. The summed E-state index contributed by atoms with van der Waals surface area (Å²) in [6, 6.07) is 0. The first-order valence-electron chi connectivity index (χ1n) is 6.74. The SMILES string of the molecule is CCN1CCc2c(sc3c2C2CCC3C2)C1=O. The number of carbonyl (C=O) groups excluding carboxylic acids is 1. The summed E-state index contributed by atoms with van der Waals surface area (Å²) >= 11 is 1.82. The summed E-state index contributed by atoms with van der Waals surface area (Å²) in [5.74, 6) is 1.90. The molecule has 1 amide bonds. The Balaban J connectivity index is 1.85. The highest BCUT2D eigenvalue weighted by molar-refractivity contribution is 7.14. The van der Waals surface area contributed by atoms with Crippen LogP contribution in [-0.4, -0.2) is 23.9 Å². The van der Waals surface area contributed by atoms with Gasteiger partial charge < -0.3 is 4.90 Å². The van der Waals surface area contributed by atoms with Crippen molar-refractivity contribution in [1.29, 1.82) is 0 Å². The van der Waals surface area contributed by atoms with Gasteiger partial charge in [-0.25, -0.2) is 0 Å². The molecule has 1 aliphatic heterocycles. The fraction of sp³-hybridized carbons (Fsp3) is 0.643. The summed E-state index contributed by atoms with van der Waals surface area (Å²) in [6.07, 6.45) is 5.21. The summed E-state index contributed by atoms with van der Waals surface area (Å²) in [7, 11) is 0. The van der Waals surface area contributed by atoms with Crippen molar-refractivity contribution in [2.24, 2.45) is 0 Å². The largest absolute Gasteiger partial charge is 0.338 e. The molecule has 2 bridgehead atoms. The molecular formula is C14H17NOS. The molecular weight excluding hydrogens is 230 g/mol. The van der Waals surface area contributed by atoms with E-state index in [1.165, 1.54) is 24.8 Å². The summed E-state index contributed by atoms with van der Waals surface area (Å²) in [6.45, 7) is 3.87. The van der Waals surface area contributed by atoms with Gasteiger partial charge in [-0.3, -0.25) is 4.79 Å². The van der Waals surface area contributed by atoms with E-state index in [1.54, 1.807) is 10.4 Å². The Kier molecular flexibility index (Phi) is 1.99. The lowest BCUT2D eigenvalue weighted by Crippen LogP contribution is -2.36. The molecule has 0 N–H and O–H groups in total. The molecule has 1 fully saturated rings. The second-order valence-electron chi connectivity index (χ2n) is 5.53. The van der Waals surface area contributed by atoms with E-state index in [-0.39, 0.29) is 0 Å². The second kappa shape index (κ2) is 3.35. The molecule has 2 nitrogen and oxygen atoms in total. The molecule has 1 aromatic rings. The maximum atomic E-state index is 12.3. The molecule has 0 saturated heterocycles. The number of fused-ring (bicyclic) bond motifs is 7. The van der Waals surface area contributed by atoms with Gasteiger partial charge in [0.2, 0.25) is 0 Å². The number of hydrogen-bond acceptors (Lipinski definition) is 2.